The topological polar surface area (TPSA) is 79.2 Å². The number of benzene rings is 1. The number of rotatable bonds is 3. The van der Waals surface area contributed by atoms with Gasteiger partial charge in [-0.25, -0.2) is 0 Å². The number of hydrogen-bond donors (Lipinski definition) is 3. The Kier molecular flexibility index (Phi) is 4.19. The summed E-state index contributed by atoms with van der Waals surface area (Å²) >= 11 is 0. The van der Waals surface area contributed by atoms with Crippen LogP contribution in [0.25, 0.3) is 0 Å². The zero-order valence-electron chi connectivity index (χ0n) is 10.2. The van der Waals surface area contributed by atoms with E-state index in [-0.39, 0.29) is 13.0 Å². The van der Waals surface area contributed by atoms with Crippen molar-refractivity contribution in [1.82, 2.24) is 0 Å². The molecule has 0 saturated carbocycles. The van der Waals surface area contributed by atoms with E-state index in [1.165, 1.54) is 0 Å². The van der Waals surface area contributed by atoms with Crippen molar-refractivity contribution in [2.75, 3.05) is 6.61 Å². The van der Waals surface area contributed by atoms with Gasteiger partial charge in [0.25, 0.3) is 0 Å². The van der Waals surface area contributed by atoms with Crippen LogP contribution in [0.4, 0.5) is 0 Å². The van der Waals surface area contributed by atoms with Gasteiger partial charge in [0.15, 0.2) is 0 Å². The molecule has 0 bridgehead atoms. The summed E-state index contributed by atoms with van der Waals surface area (Å²) < 4.78 is 11.0. The quantitative estimate of drug-likeness (QED) is 0.718. The van der Waals surface area contributed by atoms with E-state index < -0.39 is 24.6 Å². The van der Waals surface area contributed by atoms with Gasteiger partial charge in [-0.15, -0.1) is 0 Å². The zero-order chi connectivity index (χ0) is 13.1. The maximum atomic E-state index is 9.68. The minimum absolute atomic E-state index is 0.173. The van der Waals surface area contributed by atoms with Crippen molar-refractivity contribution < 1.29 is 24.8 Å². The average molecular weight is 254 g/mol. The number of hydrogen-bond acceptors (Lipinski definition) is 5. The molecule has 4 atom stereocenters. The van der Waals surface area contributed by atoms with E-state index in [4.69, 9.17) is 14.6 Å². The summed E-state index contributed by atoms with van der Waals surface area (Å²) in [5, 5.41) is 28.3. The van der Waals surface area contributed by atoms with Crippen molar-refractivity contribution in [1.29, 1.82) is 0 Å². The van der Waals surface area contributed by atoms with Crippen molar-refractivity contribution in [3.63, 3.8) is 0 Å². The average Bonchev–Trinajstić information content (AvgIpc) is 2.36. The Bertz CT molecular complexity index is 395. The minimum atomic E-state index is -1.08. The van der Waals surface area contributed by atoms with E-state index in [1.807, 2.05) is 31.2 Å². The van der Waals surface area contributed by atoms with Gasteiger partial charge in [-0.2, -0.15) is 0 Å². The Balaban J connectivity index is 2.04. The van der Waals surface area contributed by atoms with Gasteiger partial charge in [0, 0.05) is 6.42 Å². The molecular weight excluding hydrogens is 236 g/mol. The molecule has 0 amide bonds. The molecule has 1 aliphatic rings. The van der Waals surface area contributed by atoms with Crippen LogP contribution in [0.15, 0.2) is 24.3 Å². The standard InChI is InChI=1S/C13H18O5/c1-8-4-2-3-5-10(8)17-12-6-9(15)13(16)11(7-14)18-12/h2-5,9,11-16H,6-7H2,1H3/t9-,11?,12-,13-/m1/s1. The Hall–Kier alpha value is -1.14. The van der Waals surface area contributed by atoms with Crippen LogP contribution in [0.5, 0.6) is 5.75 Å². The van der Waals surface area contributed by atoms with Crippen LogP contribution in [0, 0.1) is 6.92 Å². The molecule has 3 N–H and O–H groups in total. The van der Waals surface area contributed by atoms with E-state index in [0.29, 0.717) is 5.75 Å². The second-order valence-electron chi connectivity index (χ2n) is 4.46. The summed E-state index contributed by atoms with van der Waals surface area (Å²) in [7, 11) is 0. The molecule has 2 rings (SSSR count). The first-order chi connectivity index (χ1) is 8.61. The molecule has 5 heteroatoms. The van der Waals surface area contributed by atoms with Crippen LogP contribution in [-0.4, -0.2) is 46.5 Å². The zero-order valence-corrected chi connectivity index (χ0v) is 10.2. The van der Waals surface area contributed by atoms with Crippen LogP contribution in [-0.2, 0) is 4.74 Å². The summed E-state index contributed by atoms with van der Waals surface area (Å²) in [5.41, 5.74) is 0.960. The smallest absolute Gasteiger partial charge is 0.202 e. The summed E-state index contributed by atoms with van der Waals surface area (Å²) in [6.45, 7) is 1.55. The lowest BCUT2D eigenvalue weighted by Gasteiger charge is -2.36. The summed E-state index contributed by atoms with van der Waals surface area (Å²) in [5.74, 6) is 0.669. The fourth-order valence-corrected chi connectivity index (χ4v) is 1.97. The van der Waals surface area contributed by atoms with E-state index in [1.54, 1.807) is 0 Å². The van der Waals surface area contributed by atoms with E-state index in [2.05, 4.69) is 0 Å². The molecule has 100 valence electrons. The third-order valence-electron chi connectivity index (χ3n) is 3.07. The highest BCUT2D eigenvalue weighted by atomic mass is 16.7. The highest BCUT2D eigenvalue weighted by molar-refractivity contribution is 5.31. The van der Waals surface area contributed by atoms with Gasteiger partial charge in [-0.3, -0.25) is 0 Å². The molecular formula is C13H18O5. The van der Waals surface area contributed by atoms with Gasteiger partial charge in [0.05, 0.1) is 12.7 Å². The second kappa shape index (κ2) is 5.67. The van der Waals surface area contributed by atoms with Gasteiger partial charge >= 0.3 is 0 Å². The number of ether oxygens (including phenoxy) is 2. The van der Waals surface area contributed by atoms with E-state index >= 15 is 0 Å². The summed E-state index contributed by atoms with van der Waals surface area (Å²) in [6.07, 6.45) is -3.34. The molecule has 5 nitrogen and oxygen atoms in total. The maximum Gasteiger partial charge on any atom is 0.202 e. The molecule has 0 aromatic heterocycles. The monoisotopic (exact) mass is 254 g/mol. The molecule has 1 aliphatic heterocycles. The lowest BCUT2D eigenvalue weighted by molar-refractivity contribution is -0.230. The summed E-state index contributed by atoms with van der Waals surface area (Å²) in [4.78, 5) is 0. The van der Waals surface area contributed by atoms with Crippen molar-refractivity contribution in [3.05, 3.63) is 29.8 Å². The summed E-state index contributed by atoms with van der Waals surface area (Å²) in [6, 6.07) is 7.47. The first kappa shape index (κ1) is 13.3. The maximum absolute atomic E-state index is 9.68. The Labute approximate surface area is 106 Å². The highest BCUT2D eigenvalue weighted by Crippen LogP contribution is 2.25. The van der Waals surface area contributed by atoms with Gasteiger partial charge in [0.1, 0.15) is 18.0 Å². The number of aliphatic hydroxyl groups excluding tert-OH is 3. The second-order valence-corrected chi connectivity index (χ2v) is 4.46. The molecule has 0 spiro atoms. The van der Waals surface area contributed by atoms with Gasteiger partial charge in [-0.1, -0.05) is 18.2 Å². The molecule has 1 unspecified atom stereocenters. The number of aliphatic hydroxyl groups is 3. The SMILES string of the molecule is Cc1ccccc1O[C@H]1C[C@@H](O)[C@@H](O)C(CO)O1. The first-order valence-corrected chi connectivity index (χ1v) is 5.96. The number of aryl methyl sites for hydroxylation is 1. The largest absolute Gasteiger partial charge is 0.465 e. The fourth-order valence-electron chi connectivity index (χ4n) is 1.97. The highest BCUT2D eigenvalue weighted by Gasteiger charge is 2.37. The lowest BCUT2D eigenvalue weighted by atomic mass is 10.0. The third-order valence-corrected chi connectivity index (χ3v) is 3.07. The van der Waals surface area contributed by atoms with Crippen molar-refractivity contribution in [2.45, 2.75) is 37.9 Å². The Morgan fingerprint density at radius 3 is 2.72 bits per heavy atom. The van der Waals surface area contributed by atoms with Gasteiger partial charge in [0.2, 0.25) is 6.29 Å². The molecule has 1 saturated heterocycles. The van der Waals surface area contributed by atoms with Crippen molar-refractivity contribution >= 4 is 0 Å². The molecule has 1 fully saturated rings. The molecule has 0 radical (unpaired) electrons. The van der Waals surface area contributed by atoms with Crippen LogP contribution in [0.2, 0.25) is 0 Å². The predicted octanol–water partition coefficient (Wildman–Crippen LogP) is 0.203. The van der Waals surface area contributed by atoms with E-state index in [9.17, 15) is 10.2 Å². The minimum Gasteiger partial charge on any atom is -0.465 e. The van der Waals surface area contributed by atoms with E-state index in [0.717, 1.165) is 5.56 Å². The van der Waals surface area contributed by atoms with Gasteiger partial charge in [-0.05, 0) is 18.6 Å². The molecule has 1 aromatic carbocycles. The molecule has 1 aromatic rings. The Morgan fingerprint density at radius 1 is 1.33 bits per heavy atom. The van der Waals surface area contributed by atoms with Crippen molar-refractivity contribution in [3.8, 4) is 5.75 Å². The molecule has 1 heterocycles. The normalized spacial score (nSPS) is 32.2. The van der Waals surface area contributed by atoms with Crippen molar-refractivity contribution in [2.24, 2.45) is 0 Å². The fraction of sp³-hybridized carbons (Fsp3) is 0.538. The lowest BCUT2D eigenvalue weighted by Crippen LogP contribution is -2.51. The predicted molar refractivity (Wildman–Crippen MR) is 64.2 cm³/mol. The Morgan fingerprint density at radius 2 is 2.06 bits per heavy atom. The molecule has 18 heavy (non-hydrogen) atoms. The molecule has 0 aliphatic carbocycles. The van der Waals surface area contributed by atoms with Gasteiger partial charge < -0.3 is 24.8 Å². The number of para-hydroxylation sites is 1. The van der Waals surface area contributed by atoms with Crippen LogP contribution in [0.1, 0.15) is 12.0 Å². The van der Waals surface area contributed by atoms with Crippen LogP contribution < -0.4 is 4.74 Å². The van der Waals surface area contributed by atoms with Crippen LogP contribution in [0.3, 0.4) is 0 Å². The first-order valence-electron chi connectivity index (χ1n) is 5.96. The third kappa shape index (κ3) is 2.81. The van der Waals surface area contributed by atoms with Crippen LogP contribution >= 0.6 is 0 Å².